The summed E-state index contributed by atoms with van der Waals surface area (Å²) >= 11 is 0. The molecule has 0 amide bonds. The van der Waals surface area contributed by atoms with Gasteiger partial charge >= 0.3 is 0 Å². The van der Waals surface area contributed by atoms with Gasteiger partial charge in [-0.3, -0.25) is 4.18 Å². The topological polar surface area (TPSA) is 43.4 Å². The molecule has 0 aromatic rings. The van der Waals surface area contributed by atoms with E-state index in [0.717, 1.165) is 0 Å². The lowest BCUT2D eigenvalue weighted by molar-refractivity contribution is 0.216. The van der Waals surface area contributed by atoms with Crippen molar-refractivity contribution in [2.24, 2.45) is 0 Å². The van der Waals surface area contributed by atoms with Crippen molar-refractivity contribution in [1.82, 2.24) is 0 Å². The highest BCUT2D eigenvalue weighted by molar-refractivity contribution is 7.88. The summed E-state index contributed by atoms with van der Waals surface area (Å²) in [7, 11) is -3.41. The highest BCUT2D eigenvalue weighted by atomic mass is 32.2. The Morgan fingerprint density at radius 3 is 2.00 bits per heavy atom. The molecule has 0 aromatic carbocycles. The summed E-state index contributed by atoms with van der Waals surface area (Å²) in [5, 5.41) is 0. The highest BCUT2D eigenvalue weighted by Gasteiger charge is 2.31. The predicted octanol–water partition coefficient (Wildman–Crippen LogP) is 1.93. The van der Waals surface area contributed by atoms with Gasteiger partial charge in [-0.1, -0.05) is 6.92 Å². The smallest absolute Gasteiger partial charge is 0.267 e. The van der Waals surface area contributed by atoms with Crippen LogP contribution in [0.25, 0.3) is 0 Å². The van der Waals surface area contributed by atoms with Crippen molar-refractivity contribution in [1.29, 1.82) is 0 Å². The molecular formula is C8H18O3S. The van der Waals surface area contributed by atoms with E-state index in [2.05, 4.69) is 0 Å². The molecule has 3 nitrogen and oxygen atoms in total. The van der Waals surface area contributed by atoms with Crippen LogP contribution >= 0.6 is 0 Å². The van der Waals surface area contributed by atoms with Crippen LogP contribution in [0, 0.1) is 0 Å². The predicted molar refractivity (Wildman–Crippen MR) is 49.5 cm³/mol. The molecule has 1 unspecified atom stereocenters. The lowest BCUT2D eigenvalue weighted by Gasteiger charge is -2.21. The van der Waals surface area contributed by atoms with Crippen LogP contribution < -0.4 is 0 Å². The summed E-state index contributed by atoms with van der Waals surface area (Å²) in [6, 6.07) is 0. The Hall–Kier alpha value is -0.0900. The van der Waals surface area contributed by atoms with Gasteiger partial charge in [0.15, 0.2) is 0 Å². The van der Waals surface area contributed by atoms with Crippen LogP contribution in [0.15, 0.2) is 0 Å². The molecule has 0 aliphatic heterocycles. The average Bonchev–Trinajstić information content (AvgIpc) is 1.84. The number of rotatable bonds is 3. The lowest BCUT2D eigenvalue weighted by Crippen LogP contribution is -2.32. The zero-order valence-electron chi connectivity index (χ0n) is 8.42. The first kappa shape index (κ1) is 11.9. The van der Waals surface area contributed by atoms with E-state index in [0.29, 0.717) is 6.42 Å². The van der Waals surface area contributed by atoms with E-state index in [1.807, 2.05) is 6.92 Å². The van der Waals surface area contributed by atoms with Crippen molar-refractivity contribution in [3.05, 3.63) is 0 Å². The molecule has 0 heterocycles. The van der Waals surface area contributed by atoms with E-state index >= 15 is 0 Å². The lowest BCUT2D eigenvalue weighted by atomic mass is 10.3. The molecule has 0 spiro atoms. The molecular weight excluding hydrogens is 176 g/mol. The maximum Gasteiger partial charge on any atom is 0.272 e. The fourth-order valence-electron chi connectivity index (χ4n) is 0.429. The number of hydrogen-bond donors (Lipinski definition) is 0. The largest absolute Gasteiger partial charge is 0.272 e. The van der Waals surface area contributed by atoms with E-state index < -0.39 is 14.9 Å². The molecule has 0 saturated carbocycles. The molecule has 0 N–H and O–H groups in total. The average molecular weight is 194 g/mol. The summed E-state index contributed by atoms with van der Waals surface area (Å²) in [6.45, 7) is 8.53. The van der Waals surface area contributed by atoms with Crippen LogP contribution in [0.2, 0.25) is 0 Å². The van der Waals surface area contributed by atoms with E-state index in [9.17, 15) is 8.42 Å². The highest BCUT2D eigenvalue weighted by Crippen LogP contribution is 2.19. The normalized spacial score (nSPS) is 16.1. The van der Waals surface area contributed by atoms with E-state index in [-0.39, 0.29) is 6.10 Å². The second-order valence-electron chi connectivity index (χ2n) is 3.88. The molecule has 1 atom stereocenters. The molecule has 0 aromatic heterocycles. The van der Waals surface area contributed by atoms with Crippen LogP contribution in [0.3, 0.4) is 0 Å². The quantitative estimate of drug-likeness (QED) is 0.645. The van der Waals surface area contributed by atoms with Crippen molar-refractivity contribution in [2.45, 2.75) is 51.9 Å². The Labute approximate surface area is 75.2 Å². The minimum atomic E-state index is -3.41. The van der Waals surface area contributed by atoms with Crippen molar-refractivity contribution in [3.8, 4) is 0 Å². The van der Waals surface area contributed by atoms with Gasteiger partial charge in [0, 0.05) is 0 Å². The first-order valence-electron chi connectivity index (χ1n) is 4.13. The van der Waals surface area contributed by atoms with Crippen LogP contribution in [-0.2, 0) is 14.3 Å². The third kappa shape index (κ3) is 3.11. The Morgan fingerprint density at radius 1 is 1.33 bits per heavy atom. The van der Waals surface area contributed by atoms with Crippen LogP contribution in [0.1, 0.15) is 41.0 Å². The third-order valence-corrected chi connectivity index (χ3v) is 3.70. The van der Waals surface area contributed by atoms with Gasteiger partial charge < -0.3 is 0 Å². The van der Waals surface area contributed by atoms with Gasteiger partial charge in [0.1, 0.15) is 0 Å². The first-order chi connectivity index (χ1) is 5.20. The summed E-state index contributed by atoms with van der Waals surface area (Å²) in [5.74, 6) is 0. The molecule has 0 aliphatic rings. The standard InChI is InChI=1S/C8H18O3S/c1-6-7(2)11-12(9,10)8(3,4)5/h7H,6H2,1-5H3. The van der Waals surface area contributed by atoms with Gasteiger partial charge in [-0.2, -0.15) is 8.42 Å². The fraction of sp³-hybridized carbons (Fsp3) is 1.00. The van der Waals surface area contributed by atoms with Gasteiger partial charge in [0.05, 0.1) is 10.9 Å². The molecule has 0 bridgehead atoms. The second-order valence-corrected chi connectivity index (χ2v) is 6.21. The Kier molecular flexibility index (Phi) is 3.72. The molecule has 0 rings (SSSR count). The maximum absolute atomic E-state index is 11.4. The SMILES string of the molecule is CCC(C)OS(=O)(=O)C(C)(C)C. The second kappa shape index (κ2) is 3.75. The first-order valence-corrected chi connectivity index (χ1v) is 5.54. The summed E-state index contributed by atoms with van der Waals surface area (Å²) in [4.78, 5) is 0. The minimum Gasteiger partial charge on any atom is -0.267 e. The van der Waals surface area contributed by atoms with Crippen LogP contribution in [0.4, 0.5) is 0 Å². The van der Waals surface area contributed by atoms with Crippen molar-refractivity contribution in [2.75, 3.05) is 0 Å². The summed E-state index contributed by atoms with van der Waals surface area (Å²) in [5.41, 5.74) is 0. The molecule has 0 aliphatic carbocycles. The molecule has 0 fully saturated rings. The van der Waals surface area contributed by atoms with Crippen LogP contribution in [-0.4, -0.2) is 19.3 Å². The number of hydrogen-bond acceptors (Lipinski definition) is 3. The summed E-state index contributed by atoms with van der Waals surface area (Å²) in [6.07, 6.45) is 0.476. The zero-order chi connectivity index (χ0) is 9.99. The minimum absolute atomic E-state index is 0.228. The van der Waals surface area contributed by atoms with Crippen molar-refractivity contribution in [3.63, 3.8) is 0 Å². The summed E-state index contributed by atoms with van der Waals surface area (Å²) < 4.78 is 26.9. The van der Waals surface area contributed by atoms with Gasteiger partial charge in [-0.15, -0.1) is 0 Å². The molecule has 0 saturated heterocycles. The van der Waals surface area contributed by atoms with Gasteiger partial charge in [0.2, 0.25) is 0 Å². The Bertz CT molecular complexity index is 223. The fourth-order valence-corrected chi connectivity index (χ4v) is 1.29. The van der Waals surface area contributed by atoms with Gasteiger partial charge in [0.25, 0.3) is 10.1 Å². The Morgan fingerprint density at radius 2 is 1.75 bits per heavy atom. The molecule has 4 heteroatoms. The van der Waals surface area contributed by atoms with Gasteiger partial charge in [-0.05, 0) is 34.1 Å². The Balaban J connectivity index is 4.46. The van der Waals surface area contributed by atoms with Crippen LogP contribution in [0.5, 0.6) is 0 Å². The van der Waals surface area contributed by atoms with Crippen molar-refractivity contribution < 1.29 is 12.6 Å². The van der Waals surface area contributed by atoms with Gasteiger partial charge in [-0.25, -0.2) is 0 Å². The molecule has 74 valence electrons. The van der Waals surface area contributed by atoms with E-state index in [1.54, 1.807) is 27.7 Å². The van der Waals surface area contributed by atoms with E-state index in [4.69, 9.17) is 4.18 Å². The molecule has 0 radical (unpaired) electrons. The van der Waals surface area contributed by atoms with E-state index in [1.165, 1.54) is 0 Å². The zero-order valence-corrected chi connectivity index (χ0v) is 9.23. The maximum atomic E-state index is 11.4. The van der Waals surface area contributed by atoms with Crippen molar-refractivity contribution >= 4 is 10.1 Å². The third-order valence-electron chi connectivity index (χ3n) is 1.62. The molecule has 12 heavy (non-hydrogen) atoms. The monoisotopic (exact) mass is 194 g/mol.